The molecule has 0 unspecified atom stereocenters. The van der Waals surface area contributed by atoms with Crippen LogP contribution in [-0.4, -0.2) is 22.3 Å². The van der Waals surface area contributed by atoms with Gasteiger partial charge in [-0.1, -0.05) is 18.2 Å². The summed E-state index contributed by atoms with van der Waals surface area (Å²) >= 11 is 0. The number of anilines is 1. The molecular formula is C24H18F3N3O3. The Morgan fingerprint density at radius 2 is 1.61 bits per heavy atom. The first-order valence-corrected chi connectivity index (χ1v) is 10.0. The Bertz CT molecular complexity index is 1360. The fourth-order valence-corrected chi connectivity index (χ4v) is 3.32. The van der Waals surface area contributed by atoms with Crippen LogP contribution in [0.3, 0.4) is 0 Å². The average molecular weight is 453 g/mol. The van der Waals surface area contributed by atoms with Crippen LogP contribution in [-0.2, 0) is 6.18 Å². The van der Waals surface area contributed by atoms with Gasteiger partial charge in [0.15, 0.2) is 5.69 Å². The normalized spacial score (nSPS) is 11.4. The first kappa shape index (κ1) is 22.1. The van der Waals surface area contributed by atoms with Gasteiger partial charge in [-0.2, -0.15) is 23.0 Å². The number of hydrogen-bond donors (Lipinski definition) is 1. The van der Waals surface area contributed by atoms with Gasteiger partial charge in [0.1, 0.15) is 5.75 Å². The maximum atomic E-state index is 13.0. The standard InChI is InChI=1S/C24H18F3N3O3/c1-2-33-18-13-11-17(12-14-18)30-23(32)20-6-4-3-5-19(20)21(29-30)22(31)28-16-9-7-15(8-10-16)24(25,26)27/h3-14H,2H2,1H3,(H,28,31). The Labute approximate surface area is 186 Å². The smallest absolute Gasteiger partial charge is 0.416 e. The van der Waals surface area contributed by atoms with Crippen molar-refractivity contribution in [1.82, 2.24) is 9.78 Å². The largest absolute Gasteiger partial charge is 0.494 e. The van der Waals surface area contributed by atoms with Crippen molar-refractivity contribution < 1.29 is 22.7 Å². The number of amides is 1. The lowest BCUT2D eigenvalue weighted by Crippen LogP contribution is -2.26. The summed E-state index contributed by atoms with van der Waals surface area (Å²) in [6, 6.07) is 17.2. The highest BCUT2D eigenvalue weighted by Gasteiger charge is 2.30. The Morgan fingerprint density at radius 3 is 2.21 bits per heavy atom. The molecule has 0 spiro atoms. The molecule has 0 aliphatic carbocycles. The highest BCUT2D eigenvalue weighted by molar-refractivity contribution is 6.11. The van der Waals surface area contributed by atoms with Crippen molar-refractivity contribution in [2.75, 3.05) is 11.9 Å². The summed E-state index contributed by atoms with van der Waals surface area (Å²) in [7, 11) is 0. The van der Waals surface area contributed by atoms with E-state index in [1.807, 2.05) is 6.92 Å². The van der Waals surface area contributed by atoms with Crippen molar-refractivity contribution >= 4 is 22.4 Å². The van der Waals surface area contributed by atoms with Gasteiger partial charge >= 0.3 is 6.18 Å². The topological polar surface area (TPSA) is 73.2 Å². The maximum Gasteiger partial charge on any atom is 0.416 e. The van der Waals surface area contributed by atoms with E-state index in [2.05, 4.69) is 10.4 Å². The number of rotatable bonds is 5. The molecule has 0 saturated carbocycles. The van der Waals surface area contributed by atoms with Crippen molar-refractivity contribution in [3.8, 4) is 11.4 Å². The molecule has 4 aromatic rings. The lowest BCUT2D eigenvalue weighted by molar-refractivity contribution is -0.137. The first-order valence-electron chi connectivity index (χ1n) is 10.0. The number of hydrogen-bond acceptors (Lipinski definition) is 4. The van der Waals surface area contributed by atoms with Crippen LogP contribution in [0.25, 0.3) is 16.5 Å². The zero-order valence-corrected chi connectivity index (χ0v) is 17.4. The second kappa shape index (κ2) is 8.78. The molecule has 4 rings (SSSR count). The van der Waals surface area contributed by atoms with Crippen LogP contribution in [0.4, 0.5) is 18.9 Å². The molecule has 0 aliphatic heterocycles. The lowest BCUT2D eigenvalue weighted by Gasteiger charge is -2.12. The summed E-state index contributed by atoms with van der Waals surface area (Å²) in [5.74, 6) is -0.0407. The summed E-state index contributed by atoms with van der Waals surface area (Å²) in [5, 5.41) is 7.42. The van der Waals surface area contributed by atoms with E-state index in [1.165, 1.54) is 0 Å². The number of fused-ring (bicyclic) bond motifs is 1. The van der Waals surface area contributed by atoms with Gasteiger partial charge in [0, 0.05) is 11.1 Å². The minimum Gasteiger partial charge on any atom is -0.494 e. The van der Waals surface area contributed by atoms with Crippen LogP contribution in [0.5, 0.6) is 5.75 Å². The van der Waals surface area contributed by atoms with Crippen LogP contribution >= 0.6 is 0 Å². The van der Waals surface area contributed by atoms with E-state index in [-0.39, 0.29) is 16.8 Å². The molecule has 6 nitrogen and oxygen atoms in total. The lowest BCUT2D eigenvalue weighted by atomic mass is 10.1. The molecule has 0 bridgehead atoms. The molecular weight excluding hydrogens is 435 g/mol. The van der Waals surface area contributed by atoms with Gasteiger partial charge in [0.2, 0.25) is 0 Å². The number of nitrogens with zero attached hydrogens (tertiary/aromatic N) is 2. The van der Waals surface area contributed by atoms with Crippen molar-refractivity contribution in [1.29, 1.82) is 0 Å². The number of ether oxygens (including phenoxy) is 1. The second-order valence-corrected chi connectivity index (χ2v) is 7.07. The monoisotopic (exact) mass is 453 g/mol. The molecule has 0 radical (unpaired) electrons. The fourth-order valence-electron chi connectivity index (χ4n) is 3.32. The number of benzene rings is 3. The number of carbonyl (C=O) groups excluding carboxylic acids is 1. The number of halogens is 3. The maximum absolute atomic E-state index is 13.0. The van der Waals surface area contributed by atoms with Gasteiger partial charge in [0.05, 0.1) is 23.2 Å². The Hall–Kier alpha value is -4.14. The summed E-state index contributed by atoms with van der Waals surface area (Å²) in [6.45, 7) is 2.34. The second-order valence-electron chi connectivity index (χ2n) is 7.07. The number of aromatic nitrogens is 2. The number of carbonyl (C=O) groups is 1. The van der Waals surface area contributed by atoms with E-state index in [1.54, 1.807) is 48.5 Å². The van der Waals surface area contributed by atoms with E-state index < -0.39 is 23.2 Å². The quantitative estimate of drug-likeness (QED) is 0.459. The molecule has 3 aromatic carbocycles. The summed E-state index contributed by atoms with van der Waals surface area (Å²) < 4.78 is 44.9. The van der Waals surface area contributed by atoms with Gasteiger partial charge in [-0.15, -0.1) is 0 Å². The molecule has 1 aromatic heterocycles. The predicted molar refractivity (Wildman–Crippen MR) is 118 cm³/mol. The van der Waals surface area contributed by atoms with Crippen LogP contribution in [0, 0.1) is 0 Å². The Kier molecular flexibility index (Phi) is 5.87. The molecule has 0 aliphatic rings. The molecule has 0 atom stereocenters. The molecule has 1 amide bonds. The summed E-state index contributed by atoms with van der Waals surface area (Å²) in [5.41, 5.74) is -0.691. The van der Waals surface area contributed by atoms with E-state index in [4.69, 9.17) is 4.74 Å². The van der Waals surface area contributed by atoms with Gasteiger partial charge in [-0.05, 0) is 61.5 Å². The average Bonchev–Trinajstić information content (AvgIpc) is 2.80. The SMILES string of the molecule is CCOc1ccc(-n2nc(C(=O)Nc3ccc(C(F)(F)F)cc3)c3ccccc3c2=O)cc1. The molecule has 0 saturated heterocycles. The van der Waals surface area contributed by atoms with Crippen LogP contribution in [0.2, 0.25) is 0 Å². The van der Waals surface area contributed by atoms with Crippen LogP contribution in [0.15, 0.2) is 77.6 Å². The van der Waals surface area contributed by atoms with Gasteiger partial charge in [0.25, 0.3) is 11.5 Å². The first-order chi connectivity index (χ1) is 15.8. The van der Waals surface area contributed by atoms with E-state index in [9.17, 15) is 22.8 Å². The van der Waals surface area contributed by atoms with Gasteiger partial charge in [-0.25, -0.2) is 0 Å². The number of alkyl halides is 3. The molecule has 168 valence electrons. The molecule has 1 N–H and O–H groups in total. The zero-order chi connectivity index (χ0) is 23.6. The predicted octanol–water partition coefficient (Wildman–Crippen LogP) is 5.06. The molecule has 0 fully saturated rings. The van der Waals surface area contributed by atoms with Crippen molar-refractivity contribution in [3.63, 3.8) is 0 Å². The third-order valence-corrected chi connectivity index (χ3v) is 4.88. The van der Waals surface area contributed by atoms with Crippen molar-refractivity contribution in [2.24, 2.45) is 0 Å². The third kappa shape index (κ3) is 4.57. The van der Waals surface area contributed by atoms with E-state index >= 15 is 0 Å². The van der Waals surface area contributed by atoms with Crippen molar-refractivity contribution in [2.45, 2.75) is 13.1 Å². The minimum atomic E-state index is -4.48. The highest BCUT2D eigenvalue weighted by Crippen LogP contribution is 2.30. The summed E-state index contributed by atoms with van der Waals surface area (Å²) in [4.78, 5) is 26.0. The third-order valence-electron chi connectivity index (χ3n) is 4.88. The zero-order valence-electron chi connectivity index (χ0n) is 17.4. The van der Waals surface area contributed by atoms with E-state index in [0.717, 1.165) is 28.9 Å². The fraction of sp³-hybridized carbons (Fsp3) is 0.125. The highest BCUT2D eigenvalue weighted by atomic mass is 19.4. The number of nitrogens with one attached hydrogen (secondary N) is 1. The van der Waals surface area contributed by atoms with Gasteiger partial charge < -0.3 is 10.1 Å². The van der Waals surface area contributed by atoms with Gasteiger partial charge in [-0.3, -0.25) is 9.59 Å². The Balaban J connectivity index is 1.74. The van der Waals surface area contributed by atoms with Crippen LogP contribution in [0.1, 0.15) is 23.0 Å². The van der Waals surface area contributed by atoms with Crippen LogP contribution < -0.4 is 15.6 Å². The molecule has 33 heavy (non-hydrogen) atoms. The van der Waals surface area contributed by atoms with Crippen molar-refractivity contribution in [3.05, 3.63) is 94.4 Å². The van der Waals surface area contributed by atoms with E-state index in [0.29, 0.717) is 23.4 Å². The summed E-state index contributed by atoms with van der Waals surface area (Å²) in [6.07, 6.45) is -4.48. The Morgan fingerprint density at radius 1 is 0.970 bits per heavy atom. The minimum absolute atomic E-state index is 0.0426. The molecule has 9 heteroatoms. The molecule has 1 heterocycles.